The number of benzene rings is 1. The van der Waals surface area contributed by atoms with Crippen LogP contribution in [0.3, 0.4) is 0 Å². The molecule has 0 amide bonds. The molecule has 78 valence electrons. The van der Waals surface area contributed by atoms with Gasteiger partial charge in [0.1, 0.15) is 0 Å². The number of para-hydroxylation sites is 1. The largest absolute Gasteiger partial charge is 0.338 e. The summed E-state index contributed by atoms with van der Waals surface area (Å²) >= 11 is 8.58. The second kappa shape index (κ2) is 4.60. The zero-order valence-electron chi connectivity index (χ0n) is 8.56. The summed E-state index contributed by atoms with van der Waals surface area (Å²) in [7, 11) is 2.08. The highest BCUT2D eigenvalue weighted by atomic mass is 32.2. The van der Waals surface area contributed by atoms with Crippen molar-refractivity contribution in [3.63, 3.8) is 0 Å². The summed E-state index contributed by atoms with van der Waals surface area (Å²) < 4.78 is 0.928. The Morgan fingerprint density at radius 1 is 1.47 bits per heavy atom. The van der Waals surface area contributed by atoms with Crippen molar-refractivity contribution in [1.29, 1.82) is 0 Å². The molecular weight excluding hydrogens is 242 g/mol. The van der Waals surface area contributed by atoms with Crippen LogP contribution in [0.5, 0.6) is 0 Å². The Kier molecular flexibility index (Phi) is 3.38. The predicted octanol–water partition coefficient (Wildman–Crippen LogP) is 3.76. The minimum atomic E-state index is 0.928. The van der Waals surface area contributed by atoms with Crippen molar-refractivity contribution in [2.75, 3.05) is 18.2 Å². The molecule has 0 aliphatic carbocycles. The van der Waals surface area contributed by atoms with Crippen LogP contribution in [0.2, 0.25) is 0 Å². The van der Waals surface area contributed by atoms with Crippen LogP contribution in [-0.4, -0.2) is 17.5 Å². The first-order valence-electron chi connectivity index (χ1n) is 4.52. The first-order valence-corrected chi connectivity index (χ1v) is 6.97. The average molecular weight is 253 g/mol. The molecule has 1 aromatic rings. The van der Waals surface area contributed by atoms with Crippen LogP contribution in [-0.2, 0) is 0 Å². The highest BCUT2D eigenvalue weighted by Gasteiger charge is 2.21. The van der Waals surface area contributed by atoms with E-state index in [1.807, 2.05) is 6.26 Å². The van der Waals surface area contributed by atoms with Gasteiger partial charge in [0.15, 0.2) is 0 Å². The van der Waals surface area contributed by atoms with E-state index in [1.54, 1.807) is 23.5 Å². The second-order valence-electron chi connectivity index (χ2n) is 3.13. The van der Waals surface area contributed by atoms with Gasteiger partial charge in [0.2, 0.25) is 0 Å². The molecule has 15 heavy (non-hydrogen) atoms. The van der Waals surface area contributed by atoms with Crippen LogP contribution in [0.25, 0.3) is 0 Å². The van der Waals surface area contributed by atoms with Gasteiger partial charge in [0.05, 0.1) is 14.9 Å². The van der Waals surface area contributed by atoms with Crippen molar-refractivity contribution in [2.45, 2.75) is 4.90 Å². The van der Waals surface area contributed by atoms with Gasteiger partial charge >= 0.3 is 0 Å². The third-order valence-corrected chi connectivity index (χ3v) is 4.52. The van der Waals surface area contributed by atoms with E-state index in [0.29, 0.717) is 0 Å². The molecule has 0 unspecified atom stereocenters. The summed E-state index contributed by atoms with van der Waals surface area (Å²) in [6.45, 7) is 0. The Balaban J connectivity index is 2.31. The third-order valence-electron chi connectivity index (χ3n) is 2.21. The van der Waals surface area contributed by atoms with E-state index >= 15 is 0 Å². The fraction of sp³-hybridized carbons (Fsp3) is 0.182. The van der Waals surface area contributed by atoms with E-state index < -0.39 is 0 Å². The van der Waals surface area contributed by atoms with Gasteiger partial charge in [-0.1, -0.05) is 36.1 Å². The van der Waals surface area contributed by atoms with Crippen LogP contribution in [0, 0.1) is 0 Å². The number of thioether (sulfide) groups is 2. The molecule has 0 atom stereocenters. The van der Waals surface area contributed by atoms with Gasteiger partial charge in [0, 0.05) is 11.9 Å². The Morgan fingerprint density at radius 2 is 2.20 bits per heavy atom. The van der Waals surface area contributed by atoms with E-state index in [0.717, 1.165) is 4.20 Å². The second-order valence-corrected chi connectivity index (χ2v) is 5.74. The highest BCUT2D eigenvalue weighted by Crippen LogP contribution is 2.44. The normalized spacial score (nSPS) is 16.9. The highest BCUT2D eigenvalue weighted by molar-refractivity contribution is 8.23. The third kappa shape index (κ3) is 2.22. The summed E-state index contributed by atoms with van der Waals surface area (Å²) in [5, 5.41) is 1.20. The molecule has 0 radical (unpaired) electrons. The number of nitrogens with zero attached hydrogens (tertiary/aromatic N) is 1. The fourth-order valence-electron chi connectivity index (χ4n) is 1.41. The molecule has 0 fully saturated rings. The Hall–Kier alpha value is -0.450. The molecule has 4 heteroatoms. The van der Waals surface area contributed by atoms with Crippen LogP contribution in [0.1, 0.15) is 0 Å². The first kappa shape index (κ1) is 11.0. The van der Waals surface area contributed by atoms with Crippen molar-refractivity contribution in [3.8, 4) is 0 Å². The van der Waals surface area contributed by atoms with Gasteiger partial charge in [-0.2, -0.15) is 0 Å². The monoisotopic (exact) mass is 253 g/mol. The molecule has 0 bridgehead atoms. The van der Waals surface area contributed by atoms with Gasteiger partial charge in [-0.25, -0.2) is 0 Å². The molecule has 1 nitrogen and oxygen atoms in total. The molecule has 0 saturated carbocycles. The van der Waals surface area contributed by atoms with E-state index in [1.165, 1.54) is 15.6 Å². The predicted molar refractivity (Wildman–Crippen MR) is 74.9 cm³/mol. The maximum atomic E-state index is 5.20. The van der Waals surface area contributed by atoms with Gasteiger partial charge in [-0.05, 0) is 24.5 Å². The molecule has 1 aliphatic rings. The fourth-order valence-corrected chi connectivity index (χ4v) is 2.99. The Bertz CT molecular complexity index is 426. The number of rotatable bonds is 1. The molecule has 0 N–H and O–H groups in total. The lowest BCUT2D eigenvalue weighted by Gasteiger charge is -2.12. The smallest absolute Gasteiger partial charge is 0.0818 e. The maximum Gasteiger partial charge on any atom is 0.0818 e. The van der Waals surface area contributed by atoms with Crippen molar-refractivity contribution in [3.05, 3.63) is 35.4 Å². The average Bonchev–Trinajstić information content (AvgIpc) is 2.57. The summed E-state index contributed by atoms with van der Waals surface area (Å²) in [6.07, 6.45) is 4.07. The lowest BCUT2D eigenvalue weighted by atomic mass is 10.3. The minimum Gasteiger partial charge on any atom is -0.338 e. The van der Waals surface area contributed by atoms with Crippen LogP contribution in [0.15, 0.2) is 40.3 Å². The molecule has 0 spiro atoms. The quantitative estimate of drug-likeness (QED) is 0.553. The number of anilines is 1. The number of hydrogen-bond acceptors (Lipinski definition) is 4. The zero-order chi connectivity index (χ0) is 10.8. The Morgan fingerprint density at radius 3 is 2.87 bits per heavy atom. The van der Waals surface area contributed by atoms with Crippen molar-refractivity contribution < 1.29 is 0 Å². The van der Waals surface area contributed by atoms with Gasteiger partial charge < -0.3 is 4.90 Å². The standard InChI is InChI=1S/C11H11NS3/c1-12-8-5-3-4-6-9(8)15-10(12)7-11(13)14-2/h3-7H,1-2H3. The lowest BCUT2D eigenvalue weighted by Crippen LogP contribution is -2.10. The number of thiocarbonyl (C=S) groups is 1. The molecule has 1 aromatic carbocycles. The molecule has 1 aliphatic heterocycles. The summed E-state index contributed by atoms with van der Waals surface area (Å²) in [4.78, 5) is 3.48. The zero-order valence-corrected chi connectivity index (χ0v) is 11.0. The van der Waals surface area contributed by atoms with E-state index in [-0.39, 0.29) is 0 Å². The topological polar surface area (TPSA) is 3.24 Å². The molecular formula is C11H11NS3. The van der Waals surface area contributed by atoms with Crippen molar-refractivity contribution >= 4 is 45.6 Å². The maximum absolute atomic E-state index is 5.20. The van der Waals surface area contributed by atoms with Gasteiger partial charge in [-0.15, -0.1) is 11.8 Å². The molecule has 2 rings (SSSR count). The van der Waals surface area contributed by atoms with Gasteiger partial charge in [-0.3, -0.25) is 0 Å². The first-order chi connectivity index (χ1) is 7.22. The van der Waals surface area contributed by atoms with E-state index in [4.69, 9.17) is 12.2 Å². The van der Waals surface area contributed by atoms with Crippen LogP contribution >= 0.6 is 35.7 Å². The summed E-state index contributed by atoms with van der Waals surface area (Å²) in [6, 6.07) is 8.39. The van der Waals surface area contributed by atoms with Crippen LogP contribution < -0.4 is 4.90 Å². The SMILES string of the molecule is CSC(=S)C=C1Sc2ccccc2N1C. The Labute approximate surface area is 104 Å². The molecule has 1 heterocycles. The molecule has 0 aromatic heterocycles. The summed E-state index contributed by atoms with van der Waals surface area (Å²) in [5.74, 6) is 0. The van der Waals surface area contributed by atoms with Crippen LogP contribution in [0.4, 0.5) is 5.69 Å². The van der Waals surface area contributed by atoms with E-state index in [9.17, 15) is 0 Å². The van der Waals surface area contributed by atoms with Gasteiger partial charge in [0.25, 0.3) is 0 Å². The number of hydrogen-bond donors (Lipinski definition) is 0. The van der Waals surface area contributed by atoms with E-state index in [2.05, 4.69) is 42.3 Å². The van der Waals surface area contributed by atoms with Crippen molar-refractivity contribution in [1.82, 2.24) is 0 Å². The number of fused-ring (bicyclic) bond motifs is 1. The minimum absolute atomic E-state index is 0.928. The van der Waals surface area contributed by atoms with Crippen molar-refractivity contribution in [2.24, 2.45) is 0 Å². The lowest BCUT2D eigenvalue weighted by molar-refractivity contribution is 1.18. The summed E-state index contributed by atoms with van der Waals surface area (Å²) in [5.41, 5.74) is 1.26. The molecule has 0 saturated heterocycles.